The summed E-state index contributed by atoms with van der Waals surface area (Å²) in [6.07, 6.45) is 6.91. The largest absolute Gasteiger partial charge is 0.0617 e. The zero-order valence-electron chi connectivity index (χ0n) is 14.7. The zero-order chi connectivity index (χ0) is 15.9. The van der Waals surface area contributed by atoms with Gasteiger partial charge in [-0.25, -0.2) is 0 Å². The van der Waals surface area contributed by atoms with Crippen molar-refractivity contribution < 1.29 is 0 Å². The highest BCUT2D eigenvalue weighted by Gasteiger charge is 2.09. The molecule has 0 N–H and O–H groups in total. The molecule has 2 aromatic carbocycles. The van der Waals surface area contributed by atoms with Crippen LogP contribution in [0.4, 0.5) is 0 Å². The Morgan fingerprint density at radius 2 is 0.864 bits per heavy atom. The van der Waals surface area contributed by atoms with Gasteiger partial charge < -0.3 is 0 Å². The van der Waals surface area contributed by atoms with Crippen molar-refractivity contribution in [3.63, 3.8) is 0 Å². The summed E-state index contributed by atoms with van der Waals surface area (Å²) in [5.41, 5.74) is 9.30. The molecule has 0 atom stereocenters. The smallest absolute Gasteiger partial charge is 0.0235 e. The maximum atomic E-state index is 2.33. The molecule has 0 aromatic heterocycles. The average molecular weight is 294 g/mol. The van der Waals surface area contributed by atoms with E-state index in [9.17, 15) is 0 Å². The van der Waals surface area contributed by atoms with Gasteiger partial charge in [0, 0.05) is 0 Å². The molecule has 118 valence electrons. The molecule has 0 unspecified atom stereocenters. The van der Waals surface area contributed by atoms with Gasteiger partial charge in [0.25, 0.3) is 0 Å². The minimum atomic E-state index is 1.14. The molecule has 0 bridgehead atoms. The van der Waals surface area contributed by atoms with E-state index >= 15 is 0 Å². The number of hydrogen-bond acceptors (Lipinski definition) is 0. The maximum Gasteiger partial charge on any atom is -0.0235 e. The summed E-state index contributed by atoms with van der Waals surface area (Å²) in [5, 5.41) is 0. The Morgan fingerprint density at radius 1 is 0.500 bits per heavy atom. The molecule has 2 aromatic rings. The first kappa shape index (κ1) is 16.8. The van der Waals surface area contributed by atoms with Gasteiger partial charge in [0.1, 0.15) is 0 Å². The zero-order valence-corrected chi connectivity index (χ0v) is 14.7. The van der Waals surface area contributed by atoms with Crippen LogP contribution < -0.4 is 0 Å². The highest BCUT2D eigenvalue weighted by molar-refractivity contribution is 5.39. The van der Waals surface area contributed by atoms with Crippen molar-refractivity contribution in [2.45, 2.75) is 66.2 Å². The maximum absolute atomic E-state index is 2.33. The number of aryl methyl sites for hydroxylation is 4. The van der Waals surface area contributed by atoms with Gasteiger partial charge in [0.15, 0.2) is 0 Å². The number of benzene rings is 2. The van der Waals surface area contributed by atoms with Gasteiger partial charge in [-0.2, -0.15) is 0 Å². The molecule has 0 fully saturated rings. The van der Waals surface area contributed by atoms with Gasteiger partial charge in [-0.3, -0.25) is 0 Å². The van der Waals surface area contributed by atoms with Crippen LogP contribution in [-0.4, -0.2) is 0 Å². The van der Waals surface area contributed by atoms with E-state index in [1.165, 1.54) is 11.1 Å². The molecule has 22 heavy (non-hydrogen) atoms. The fraction of sp³-hybridized carbons (Fsp3) is 0.455. The summed E-state index contributed by atoms with van der Waals surface area (Å²) in [6.45, 7) is 9.09. The quantitative estimate of drug-likeness (QED) is 0.612. The molecular formula is C22H30. The molecule has 0 spiro atoms. The summed E-state index contributed by atoms with van der Waals surface area (Å²) in [7, 11) is 0. The second-order valence-corrected chi connectivity index (χ2v) is 6.02. The van der Waals surface area contributed by atoms with Crippen molar-refractivity contribution in [3.05, 3.63) is 69.8 Å². The topological polar surface area (TPSA) is 0 Å². The Labute approximate surface area is 136 Å². The molecular weight excluding hydrogens is 264 g/mol. The fourth-order valence-corrected chi connectivity index (χ4v) is 3.68. The third-order valence-electron chi connectivity index (χ3n) is 4.87. The summed E-state index contributed by atoms with van der Waals surface area (Å²) in [6, 6.07) is 13.7. The van der Waals surface area contributed by atoms with Gasteiger partial charge in [-0.05, 0) is 71.9 Å². The van der Waals surface area contributed by atoms with Crippen LogP contribution in [0.2, 0.25) is 0 Å². The molecule has 0 heterocycles. The van der Waals surface area contributed by atoms with E-state index < -0.39 is 0 Å². The van der Waals surface area contributed by atoms with Gasteiger partial charge in [0.05, 0.1) is 0 Å². The summed E-state index contributed by atoms with van der Waals surface area (Å²) >= 11 is 0. The standard InChI is InChI=1S/C22H30/c1-5-17-11-9-13-19(21(17)7-3)15-16-20-14-10-12-18(6-2)22(20)8-4/h9-14H,5-8,15-16H2,1-4H3. The van der Waals surface area contributed by atoms with Crippen molar-refractivity contribution in [1.29, 1.82) is 0 Å². The van der Waals surface area contributed by atoms with Crippen molar-refractivity contribution in [2.75, 3.05) is 0 Å². The minimum Gasteiger partial charge on any atom is -0.0617 e. The molecule has 0 nitrogen and oxygen atoms in total. The summed E-state index contributed by atoms with van der Waals surface area (Å²) in [4.78, 5) is 0. The van der Waals surface area contributed by atoms with E-state index in [0.29, 0.717) is 0 Å². The normalized spacial score (nSPS) is 10.9. The first-order chi connectivity index (χ1) is 10.7. The third kappa shape index (κ3) is 3.61. The van der Waals surface area contributed by atoms with Gasteiger partial charge in [-0.1, -0.05) is 64.1 Å². The lowest BCUT2D eigenvalue weighted by atomic mass is 9.90. The Balaban J connectivity index is 2.24. The molecule has 0 amide bonds. The van der Waals surface area contributed by atoms with Crippen molar-refractivity contribution in [2.24, 2.45) is 0 Å². The van der Waals surface area contributed by atoms with Crippen molar-refractivity contribution in [1.82, 2.24) is 0 Å². The SMILES string of the molecule is CCc1cccc(CCc2cccc(CC)c2CC)c1CC. The van der Waals surface area contributed by atoms with Crippen LogP contribution in [0.15, 0.2) is 36.4 Å². The Hall–Kier alpha value is -1.56. The van der Waals surface area contributed by atoms with E-state index in [1.54, 1.807) is 22.3 Å². The highest BCUT2D eigenvalue weighted by Crippen LogP contribution is 2.22. The fourth-order valence-electron chi connectivity index (χ4n) is 3.68. The lowest BCUT2D eigenvalue weighted by molar-refractivity contribution is 0.888. The Bertz CT molecular complexity index is 552. The van der Waals surface area contributed by atoms with Crippen LogP contribution >= 0.6 is 0 Å². The average Bonchev–Trinajstić information content (AvgIpc) is 2.58. The molecule has 0 saturated heterocycles. The first-order valence-electron chi connectivity index (χ1n) is 8.94. The van der Waals surface area contributed by atoms with Crippen LogP contribution in [-0.2, 0) is 38.5 Å². The summed E-state index contributed by atoms with van der Waals surface area (Å²) < 4.78 is 0. The lowest BCUT2D eigenvalue weighted by Gasteiger charge is -2.15. The second kappa shape index (κ2) is 8.17. The van der Waals surface area contributed by atoms with E-state index in [2.05, 4.69) is 64.1 Å². The van der Waals surface area contributed by atoms with Gasteiger partial charge >= 0.3 is 0 Å². The monoisotopic (exact) mass is 294 g/mol. The second-order valence-electron chi connectivity index (χ2n) is 6.02. The van der Waals surface area contributed by atoms with E-state index in [0.717, 1.165) is 38.5 Å². The molecule has 0 aliphatic carbocycles. The molecule has 0 saturated carbocycles. The van der Waals surface area contributed by atoms with Gasteiger partial charge in [-0.15, -0.1) is 0 Å². The van der Waals surface area contributed by atoms with E-state index in [4.69, 9.17) is 0 Å². The van der Waals surface area contributed by atoms with Crippen LogP contribution in [0.25, 0.3) is 0 Å². The Kier molecular flexibility index (Phi) is 6.24. The van der Waals surface area contributed by atoms with Crippen molar-refractivity contribution in [3.8, 4) is 0 Å². The van der Waals surface area contributed by atoms with E-state index in [1.807, 2.05) is 0 Å². The van der Waals surface area contributed by atoms with E-state index in [-0.39, 0.29) is 0 Å². The van der Waals surface area contributed by atoms with Crippen LogP contribution in [0.5, 0.6) is 0 Å². The molecule has 2 rings (SSSR count). The minimum absolute atomic E-state index is 1.14. The Morgan fingerprint density at radius 3 is 1.18 bits per heavy atom. The van der Waals surface area contributed by atoms with Crippen LogP contribution in [0.3, 0.4) is 0 Å². The summed E-state index contributed by atoms with van der Waals surface area (Å²) in [5.74, 6) is 0. The third-order valence-corrected chi connectivity index (χ3v) is 4.87. The van der Waals surface area contributed by atoms with Crippen LogP contribution in [0, 0.1) is 0 Å². The molecule has 0 aliphatic heterocycles. The predicted octanol–water partition coefficient (Wildman–Crippen LogP) is 5.72. The van der Waals surface area contributed by atoms with Crippen LogP contribution in [0.1, 0.15) is 61.1 Å². The predicted molar refractivity (Wildman–Crippen MR) is 97.8 cm³/mol. The molecule has 0 aliphatic rings. The van der Waals surface area contributed by atoms with Crippen molar-refractivity contribution >= 4 is 0 Å². The molecule has 0 heteroatoms. The number of rotatable bonds is 7. The van der Waals surface area contributed by atoms with Gasteiger partial charge in [0.2, 0.25) is 0 Å². The molecule has 0 radical (unpaired) electrons. The highest BCUT2D eigenvalue weighted by atomic mass is 14.1. The lowest BCUT2D eigenvalue weighted by Crippen LogP contribution is -2.03. The first-order valence-corrected chi connectivity index (χ1v) is 8.94. The number of hydrogen-bond donors (Lipinski definition) is 0.